The predicted octanol–water partition coefficient (Wildman–Crippen LogP) is 9.92. The molecule has 0 aliphatic carbocycles. The van der Waals surface area contributed by atoms with Crippen LogP contribution in [0.5, 0.6) is 0 Å². The van der Waals surface area contributed by atoms with E-state index in [-0.39, 0.29) is 47.5 Å². The van der Waals surface area contributed by atoms with Gasteiger partial charge in [0.05, 0.1) is 21.6 Å². The third-order valence-corrected chi connectivity index (χ3v) is 25.3. The fraction of sp³-hybridized carbons (Fsp3) is 0.344. The van der Waals surface area contributed by atoms with Crippen molar-refractivity contribution in [2.45, 2.75) is 103 Å². The van der Waals surface area contributed by atoms with Crippen LogP contribution in [-0.2, 0) is 74.3 Å². The highest BCUT2D eigenvalue weighted by Gasteiger charge is 2.50. The number of alkyl halides is 1. The van der Waals surface area contributed by atoms with Crippen LogP contribution >= 0.6 is 15.9 Å². The van der Waals surface area contributed by atoms with Crippen LogP contribution < -0.4 is 17.2 Å². The molecule has 0 bridgehead atoms. The Morgan fingerprint density at radius 1 is 0.371 bits per heavy atom. The van der Waals surface area contributed by atoms with Crippen LogP contribution in [0.2, 0.25) is 0 Å². The Kier molecular flexibility index (Phi) is 30.7. The second-order valence-corrected chi connectivity index (χ2v) is 33.3. The summed E-state index contributed by atoms with van der Waals surface area (Å²) >= 11 is 2.84. The van der Waals surface area contributed by atoms with Crippen molar-refractivity contribution in [3.05, 3.63) is 341 Å². The Balaban J connectivity index is 0.000000165. The van der Waals surface area contributed by atoms with E-state index >= 15 is 0 Å². The van der Waals surface area contributed by atoms with Gasteiger partial charge in [0.25, 0.3) is 0 Å². The molecule has 3 aromatic heterocycles. The predicted molar refractivity (Wildman–Crippen MR) is 481 cm³/mol. The number of nitrogens with one attached hydrogen (secondary N) is 1. The van der Waals surface area contributed by atoms with Crippen molar-refractivity contribution in [2.24, 2.45) is 17.2 Å². The maximum absolute atomic E-state index is 14.1. The molecule has 9 aromatic carbocycles. The van der Waals surface area contributed by atoms with Crippen molar-refractivity contribution in [3.8, 4) is 0 Å². The normalized spacial score (nSPS) is 15.2. The average Bonchev–Trinajstić information content (AvgIpc) is 1.17. The number of amides is 6. The number of aromatic amines is 1. The standard InChI is InChI=1S/2C32H37N7O2.C30H34N6O.C2H4BrNO/c1-37(2)30(41)32(26-14-8-4-9-15-26,27-16-10-5-11-17-27)20-23-38-21-18-31(19-22-38,25-12-6-3-7-13-25)29-34-35-36-39(29)24-28(33)40;1-37(2)30(41)32(26-14-8-4-9-15-26,27-16-10-5-11-17-27)20-23-38-21-18-31(19-22-38,25-12-6-3-7-13-25)29-34-36-39(35-29)24-28(33)40;1-35(2)28(37)30(25-14-8-4-9-15-25,26-16-10-5-11-17-26)20-23-36-21-18-29(19-22-36,27-31-33-34-32-27)24-12-6-3-7-13-24;3-1-2(4)5/h2*3-17H,18-24H2,1-2H3,(H2,33,40);3-17H,18-23H2,1-2H3,(H,31,32,33,34);1H2,(H2,4,5). The SMILES string of the molecule is CN(C)C(=O)C(CCN1CCC(c2ccccc2)(c2nn[nH]n2)CC1)(c1ccccc1)c1ccccc1.CN(C)C(=O)C(CCN1CCC(c2ccccc2)(c2nnn(CC(N)=O)n2)CC1)(c1ccccc1)c1ccccc1.CN(C)C(=O)C(CCN1CCC(c2ccccc2)(c2nnnn2CC(N)=O)CC1)(c1ccccc1)c1ccccc1.NC(=O)CBr. The van der Waals surface area contributed by atoms with Crippen LogP contribution in [-0.4, -0.2) is 232 Å². The molecule has 124 heavy (non-hydrogen) atoms. The van der Waals surface area contributed by atoms with Crippen LogP contribution in [0.15, 0.2) is 273 Å². The largest absolute Gasteiger partial charge is 0.369 e. The zero-order chi connectivity index (χ0) is 87.8. The summed E-state index contributed by atoms with van der Waals surface area (Å²) in [6.07, 6.45) is 6.85. The highest BCUT2D eigenvalue weighted by atomic mass is 79.9. The molecule has 0 atom stereocenters. The molecule has 12 aromatic rings. The number of tetrazole rings is 3. The minimum atomic E-state index is -0.814. The van der Waals surface area contributed by atoms with E-state index in [1.807, 2.05) is 194 Å². The first-order valence-corrected chi connectivity index (χ1v) is 43.2. The monoisotopic (exact) mass is 1730 g/mol. The lowest BCUT2D eigenvalue weighted by atomic mass is 9.70. The third-order valence-electron chi connectivity index (χ3n) is 24.8. The van der Waals surface area contributed by atoms with E-state index in [0.29, 0.717) is 30.9 Å². The molecule has 3 saturated heterocycles. The molecule has 6 heterocycles. The summed E-state index contributed by atoms with van der Waals surface area (Å²) in [5.74, 6) is 0.939. The highest BCUT2D eigenvalue weighted by Crippen LogP contribution is 2.47. The number of nitrogens with zero attached hydrogens (tertiary/aromatic N) is 17. The summed E-state index contributed by atoms with van der Waals surface area (Å²) in [7, 11) is 11.0. The van der Waals surface area contributed by atoms with Crippen molar-refractivity contribution >= 4 is 51.4 Å². The van der Waals surface area contributed by atoms with Gasteiger partial charge < -0.3 is 46.6 Å². The van der Waals surface area contributed by atoms with E-state index in [1.54, 1.807) is 14.7 Å². The van der Waals surface area contributed by atoms with Crippen LogP contribution in [0.4, 0.5) is 0 Å². The topological polar surface area (TPSA) is 342 Å². The molecule has 7 N–H and O–H groups in total. The Morgan fingerprint density at radius 2 is 0.653 bits per heavy atom. The fourth-order valence-corrected chi connectivity index (χ4v) is 18.4. The van der Waals surface area contributed by atoms with Crippen molar-refractivity contribution < 1.29 is 28.8 Å². The molecule has 0 spiro atoms. The molecule has 0 saturated carbocycles. The summed E-state index contributed by atoms with van der Waals surface area (Å²) in [4.78, 5) is 88.6. The van der Waals surface area contributed by atoms with Gasteiger partial charge in [-0.15, -0.1) is 25.5 Å². The number of H-pyrrole nitrogens is 1. The molecule has 0 unspecified atom stereocenters. The number of likely N-dealkylation sites (tertiary alicyclic amines) is 3. The first-order valence-electron chi connectivity index (χ1n) is 42.1. The van der Waals surface area contributed by atoms with Crippen LogP contribution in [0, 0.1) is 0 Å². The molecule has 3 fully saturated rings. The molecule has 27 nitrogen and oxygen atoms in total. The third kappa shape index (κ3) is 20.3. The molecule has 0 radical (unpaired) electrons. The summed E-state index contributed by atoms with van der Waals surface area (Å²) in [6, 6.07) is 91.9. The first kappa shape index (κ1) is 90.6. The van der Waals surface area contributed by atoms with Crippen molar-refractivity contribution in [1.29, 1.82) is 0 Å². The van der Waals surface area contributed by atoms with Gasteiger partial charge in [0.2, 0.25) is 35.4 Å². The summed E-state index contributed by atoms with van der Waals surface area (Å²) in [6.45, 7) is 7.07. The minimum Gasteiger partial charge on any atom is -0.369 e. The van der Waals surface area contributed by atoms with Gasteiger partial charge in [-0.1, -0.05) is 294 Å². The van der Waals surface area contributed by atoms with Crippen molar-refractivity contribution in [2.75, 3.05) is 107 Å². The van der Waals surface area contributed by atoms with E-state index in [1.165, 1.54) is 15.0 Å². The lowest BCUT2D eigenvalue weighted by Crippen LogP contribution is -2.49. The molecule has 3 aliphatic rings. The number of carbonyl (C=O) groups excluding carboxylic acids is 6. The van der Waals surface area contributed by atoms with Gasteiger partial charge >= 0.3 is 0 Å². The van der Waals surface area contributed by atoms with Gasteiger partial charge in [0.15, 0.2) is 17.5 Å². The van der Waals surface area contributed by atoms with E-state index in [4.69, 9.17) is 11.5 Å². The molecule has 3 aliphatic heterocycles. The van der Waals surface area contributed by atoms with Crippen LogP contribution in [0.1, 0.15) is 125 Å². The number of nitrogens with two attached hydrogens (primary N) is 3. The van der Waals surface area contributed by atoms with Crippen molar-refractivity contribution in [3.63, 3.8) is 0 Å². The maximum Gasteiger partial charge on any atom is 0.241 e. The molecule has 644 valence electrons. The molecular weight excluding hydrogens is 1620 g/mol. The number of carbonyl (C=O) groups is 6. The van der Waals surface area contributed by atoms with Gasteiger partial charge in [-0.2, -0.15) is 10.0 Å². The fourth-order valence-electron chi connectivity index (χ4n) is 18.4. The number of benzene rings is 9. The van der Waals surface area contributed by atoms with Gasteiger partial charge in [-0.25, -0.2) is 4.68 Å². The number of halogens is 1. The molecule has 28 heteroatoms. The number of rotatable bonds is 29. The second kappa shape index (κ2) is 42.0. The molecule has 6 amide bonds. The lowest BCUT2D eigenvalue weighted by Gasteiger charge is -2.43. The number of aromatic nitrogens is 12. The number of hydrogen-bond acceptors (Lipinski definition) is 18. The minimum absolute atomic E-state index is 0.0655. The number of piperidine rings is 3. The van der Waals surface area contributed by atoms with E-state index in [0.717, 1.165) is 148 Å². The maximum atomic E-state index is 14.1. The average molecular weight is 1740 g/mol. The van der Waals surface area contributed by atoms with E-state index in [9.17, 15) is 28.8 Å². The smallest absolute Gasteiger partial charge is 0.241 e. The number of hydrogen-bond donors (Lipinski definition) is 4. The van der Waals surface area contributed by atoms with Crippen molar-refractivity contribution in [1.82, 2.24) is 90.4 Å². The van der Waals surface area contributed by atoms with E-state index in [2.05, 4.69) is 209 Å². The van der Waals surface area contributed by atoms with Crippen LogP contribution in [0.3, 0.4) is 0 Å². The highest BCUT2D eigenvalue weighted by molar-refractivity contribution is 9.09. The Morgan fingerprint density at radius 3 is 0.927 bits per heavy atom. The van der Waals surface area contributed by atoms with Crippen LogP contribution in [0.25, 0.3) is 0 Å². The summed E-state index contributed by atoms with van der Waals surface area (Å²) in [5, 5.41) is 41.1. The summed E-state index contributed by atoms with van der Waals surface area (Å²) < 4.78 is 1.54. The van der Waals surface area contributed by atoms with Gasteiger partial charge in [0, 0.05) is 42.3 Å². The first-order chi connectivity index (χ1) is 60.0. The number of primary amides is 3. The summed E-state index contributed by atoms with van der Waals surface area (Å²) in [5.41, 5.74) is 21.5. The van der Waals surface area contributed by atoms with Gasteiger partial charge in [-0.05, 0) is 182 Å². The number of likely N-dealkylation sites (N-methyl/N-ethyl adjacent to an activating group) is 3. The molecular formula is C96H112BrN21O6. The Bertz CT molecular complexity index is 5230. The molecule has 15 rings (SSSR count). The quantitative estimate of drug-likeness (QED) is 0.0317. The van der Waals surface area contributed by atoms with Gasteiger partial charge in [-0.3, -0.25) is 28.8 Å². The second-order valence-electron chi connectivity index (χ2n) is 32.7. The lowest BCUT2D eigenvalue weighted by molar-refractivity contribution is -0.134. The Labute approximate surface area is 733 Å². The van der Waals surface area contributed by atoms with E-state index < -0.39 is 38.9 Å². The van der Waals surface area contributed by atoms with Gasteiger partial charge in [0.1, 0.15) is 29.3 Å². The zero-order valence-electron chi connectivity index (χ0n) is 71.5. The Hall–Kier alpha value is -12.6. The zero-order valence-corrected chi connectivity index (χ0v) is 73.1.